The van der Waals surface area contributed by atoms with Crippen molar-refractivity contribution in [1.82, 2.24) is 0 Å². The predicted molar refractivity (Wildman–Crippen MR) is 69.9 cm³/mol. The van der Waals surface area contributed by atoms with Crippen LogP contribution in [-0.2, 0) is 5.41 Å². The smallest absolute Gasteiger partial charge is 0.0520 e. The van der Waals surface area contributed by atoms with Crippen LogP contribution in [0.25, 0.3) is 0 Å². The van der Waals surface area contributed by atoms with Gasteiger partial charge >= 0.3 is 0 Å². The van der Waals surface area contributed by atoms with E-state index in [9.17, 15) is 5.11 Å². The fraction of sp³-hybridized carbons (Fsp3) is 0.600. The van der Waals surface area contributed by atoms with Crippen molar-refractivity contribution in [2.75, 3.05) is 0 Å². The monoisotopic (exact) mass is 220 g/mol. The molecule has 1 nitrogen and oxygen atoms in total. The molecule has 1 heteroatoms. The summed E-state index contributed by atoms with van der Waals surface area (Å²) in [6.45, 7) is 10.6. The molecular formula is C15H24O. The van der Waals surface area contributed by atoms with E-state index in [1.54, 1.807) is 0 Å². The van der Waals surface area contributed by atoms with Crippen LogP contribution in [0.1, 0.15) is 58.1 Å². The Morgan fingerprint density at radius 2 is 1.56 bits per heavy atom. The highest BCUT2D eigenvalue weighted by molar-refractivity contribution is 5.29. The molecule has 0 spiro atoms. The highest BCUT2D eigenvalue weighted by atomic mass is 16.3. The van der Waals surface area contributed by atoms with Crippen LogP contribution in [0, 0.1) is 0 Å². The zero-order valence-corrected chi connectivity index (χ0v) is 11.1. The largest absolute Gasteiger partial charge is 0.393 e. The van der Waals surface area contributed by atoms with Gasteiger partial charge in [0.2, 0.25) is 0 Å². The molecule has 0 radical (unpaired) electrons. The Morgan fingerprint density at radius 3 is 1.94 bits per heavy atom. The lowest BCUT2D eigenvalue weighted by Crippen LogP contribution is -2.22. The van der Waals surface area contributed by atoms with Gasteiger partial charge in [-0.15, -0.1) is 0 Å². The zero-order chi connectivity index (χ0) is 12.3. The van der Waals surface area contributed by atoms with Crippen molar-refractivity contribution in [3.8, 4) is 0 Å². The summed E-state index contributed by atoms with van der Waals surface area (Å²) < 4.78 is 0. The summed E-state index contributed by atoms with van der Waals surface area (Å²) in [4.78, 5) is 0. The highest BCUT2D eigenvalue weighted by Crippen LogP contribution is 2.29. The normalized spacial score (nSPS) is 14.2. The molecule has 1 rings (SSSR count). The third kappa shape index (κ3) is 3.34. The summed E-state index contributed by atoms with van der Waals surface area (Å²) in [7, 11) is 0. The van der Waals surface area contributed by atoms with E-state index in [1.165, 1.54) is 11.1 Å². The topological polar surface area (TPSA) is 20.2 Å². The summed E-state index contributed by atoms with van der Waals surface area (Å²) in [5, 5.41) is 9.49. The van der Waals surface area contributed by atoms with E-state index in [1.807, 2.05) is 6.92 Å². The molecule has 1 aromatic carbocycles. The van der Waals surface area contributed by atoms with Crippen LogP contribution in [0.5, 0.6) is 0 Å². The van der Waals surface area contributed by atoms with Crippen molar-refractivity contribution in [2.24, 2.45) is 0 Å². The molecule has 0 aliphatic carbocycles. The SMILES string of the molecule is CC(C)c1ccc(C(C)(C)C[C@@H](C)O)cc1. The minimum Gasteiger partial charge on any atom is -0.393 e. The van der Waals surface area contributed by atoms with Gasteiger partial charge in [0.25, 0.3) is 0 Å². The van der Waals surface area contributed by atoms with Gasteiger partial charge in [0, 0.05) is 0 Å². The minimum absolute atomic E-state index is 0.0453. The molecular weight excluding hydrogens is 196 g/mol. The lowest BCUT2D eigenvalue weighted by molar-refractivity contribution is 0.157. The van der Waals surface area contributed by atoms with Gasteiger partial charge < -0.3 is 5.11 Å². The van der Waals surface area contributed by atoms with E-state index >= 15 is 0 Å². The van der Waals surface area contributed by atoms with Crippen molar-refractivity contribution in [1.29, 1.82) is 0 Å². The fourth-order valence-corrected chi connectivity index (χ4v) is 2.18. The van der Waals surface area contributed by atoms with Crippen LogP contribution in [-0.4, -0.2) is 11.2 Å². The van der Waals surface area contributed by atoms with Gasteiger partial charge in [-0.2, -0.15) is 0 Å². The van der Waals surface area contributed by atoms with Crippen LogP contribution in [0.3, 0.4) is 0 Å². The maximum atomic E-state index is 9.49. The van der Waals surface area contributed by atoms with Gasteiger partial charge in [-0.3, -0.25) is 0 Å². The van der Waals surface area contributed by atoms with Crippen LogP contribution >= 0.6 is 0 Å². The lowest BCUT2D eigenvalue weighted by atomic mass is 9.79. The van der Waals surface area contributed by atoms with Gasteiger partial charge in [0.15, 0.2) is 0 Å². The Morgan fingerprint density at radius 1 is 1.06 bits per heavy atom. The van der Waals surface area contributed by atoms with Crippen LogP contribution in [0.2, 0.25) is 0 Å². The zero-order valence-electron chi connectivity index (χ0n) is 11.1. The Labute approximate surface area is 99.5 Å². The quantitative estimate of drug-likeness (QED) is 0.817. The maximum Gasteiger partial charge on any atom is 0.0520 e. The van der Waals surface area contributed by atoms with Crippen molar-refractivity contribution < 1.29 is 5.11 Å². The molecule has 0 aromatic heterocycles. The second-order valence-corrected chi connectivity index (χ2v) is 5.71. The number of aliphatic hydroxyl groups is 1. The second-order valence-electron chi connectivity index (χ2n) is 5.71. The average molecular weight is 220 g/mol. The van der Waals surface area contributed by atoms with Crippen molar-refractivity contribution in [3.63, 3.8) is 0 Å². The van der Waals surface area contributed by atoms with Gasteiger partial charge in [-0.1, -0.05) is 52.0 Å². The summed E-state index contributed by atoms with van der Waals surface area (Å²) in [5.74, 6) is 0.578. The number of rotatable bonds is 4. The van der Waals surface area contributed by atoms with E-state index < -0.39 is 0 Å². The summed E-state index contributed by atoms with van der Waals surface area (Å²) >= 11 is 0. The third-order valence-corrected chi connectivity index (χ3v) is 3.16. The van der Waals surface area contributed by atoms with E-state index in [0.29, 0.717) is 5.92 Å². The first-order chi connectivity index (χ1) is 7.33. The number of hydrogen-bond donors (Lipinski definition) is 1. The molecule has 0 heterocycles. The minimum atomic E-state index is -0.250. The van der Waals surface area contributed by atoms with Crippen LogP contribution in [0.4, 0.5) is 0 Å². The lowest BCUT2D eigenvalue weighted by Gasteiger charge is -2.27. The average Bonchev–Trinajstić information content (AvgIpc) is 2.16. The number of benzene rings is 1. The van der Waals surface area contributed by atoms with Crippen LogP contribution in [0.15, 0.2) is 24.3 Å². The summed E-state index contributed by atoms with van der Waals surface area (Å²) in [6, 6.07) is 8.78. The van der Waals surface area contributed by atoms with Gasteiger partial charge in [-0.25, -0.2) is 0 Å². The van der Waals surface area contributed by atoms with Gasteiger partial charge in [0.05, 0.1) is 6.10 Å². The molecule has 0 unspecified atom stereocenters. The molecule has 0 saturated carbocycles. The Hall–Kier alpha value is -0.820. The molecule has 0 amide bonds. The van der Waals surface area contributed by atoms with Crippen molar-refractivity contribution in [3.05, 3.63) is 35.4 Å². The summed E-state index contributed by atoms with van der Waals surface area (Å²) in [5.41, 5.74) is 2.72. The molecule has 1 aromatic rings. The molecule has 16 heavy (non-hydrogen) atoms. The summed E-state index contributed by atoms with van der Waals surface area (Å²) in [6.07, 6.45) is 0.549. The van der Waals surface area contributed by atoms with E-state index in [4.69, 9.17) is 0 Å². The molecule has 0 saturated heterocycles. The predicted octanol–water partition coefficient (Wildman–Crippen LogP) is 3.86. The number of aliphatic hydroxyl groups excluding tert-OH is 1. The Bertz CT molecular complexity index is 320. The van der Waals surface area contributed by atoms with E-state index in [2.05, 4.69) is 52.0 Å². The number of hydrogen-bond acceptors (Lipinski definition) is 1. The Kier molecular flexibility index (Phi) is 4.15. The molecule has 0 bridgehead atoms. The highest BCUT2D eigenvalue weighted by Gasteiger charge is 2.22. The first-order valence-corrected chi connectivity index (χ1v) is 6.11. The van der Waals surface area contributed by atoms with E-state index in [0.717, 1.165) is 6.42 Å². The van der Waals surface area contributed by atoms with Crippen molar-refractivity contribution >= 4 is 0 Å². The van der Waals surface area contributed by atoms with Crippen molar-refractivity contribution in [2.45, 2.75) is 58.5 Å². The molecule has 90 valence electrons. The molecule has 1 N–H and O–H groups in total. The standard InChI is InChI=1S/C15H24O/c1-11(2)13-6-8-14(9-7-13)15(4,5)10-12(3)16/h6-9,11-12,16H,10H2,1-5H3/t12-/m1/s1. The molecule has 0 aliphatic heterocycles. The molecule has 0 fully saturated rings. The fourth-order valence-electron chi connectivity index (χ4n) is 2.18. The molecule has 1 atom stereocenters. The first kappa shape index (κ1) is 13.2. The van der Waals surface area contributed by atoms with Gasteiger partial charge in [-0.05, 0) is 35.8 Å². The Balaban J connectivity index is 2.88. The first-order valence-electron chi connectivity index (χ1n) is 6.11. The second kappa shape index (κ2) is 5.01. The van der Waals surface area contributed by atoms with Gasteiger partial charge in [0.1, 0.15) is 0 Å². The van der Waals surface area contributed by atoms with Crippen LogP contribution < -0.4 is 0 Å². The van der Waals surface area contributed by atoms with E-state index in [-0.39, 0.29) is 11.5 Å². The molecule has 0 aliphatic rings. The maximum absolute atomic E-state index is 9.49. The third-order valence-electron chi connectivity index (χ3n) is 3.16.